The molecule has 1 spiro atoms. The number of piperidine rings is 1. The van der Waals surface area contributed by atoms with Crippen molar-refractivity contribution in [1.82, 2.24) is 4.90 Å². The lowest BCUT2D eigenvalue weighted by atomic mass is 9.91. The predicted molar refractivity (Wildman–Crippen MR) is 75.6 cm³/mol. The van der Waals surface area contributed by atoms with E-state index >= 15 is 0 Å². The fraction of sp³-hybridized carbons (Fsp3) is 0.500. The van der Waals surface area contributed by atoms with E-state index in [1.165, 1.54) is 0 Å². The molecule has 21 heavy (non-hydrogen) atoms. The number of hydrogen-bond acceptors (Lipinski definition) is 3. The number of carbonyl (C=O) groups is 2. The van der Waals surface area contributed by atoms with Gasteiger partial charge in [0, 0.05) is 13.1 Å². The highest BCUT2D eigenvalue weighted by Gasteiger charge is 2.59. The van der Waals surface area contributed by atoms with Crippen molar-refractivity contribution >= 4 is 12.1 Å². The average molecular weight is 289 g/mol. The lowest BCUT2D eigenvalue weighted by Gasteiger charge is -2.31. The molecule has 0 bridgehead atoms. The molecule has 3 rings (SSSR count). The van der Waals surface area contributed by atoms with Gasteiger partial charge in [-0.15, -0.1) is 0 Å². The van der Waals surface area contributed by atoms with Crippen LogP contribution in [0.5, 0.6) is 0 Å². The molecule has 2 fully saturated rings. The van der Waals surface area contributed by atoms with Crippen LogP contribution >= 0.6 is 0 Å². The predicted octanol–water partition coefficient (Wildman–Crippen LogP) is 2.51. The Morgan fingerprint density at radius 2 is 1.90 bits per heavy atom. The number of nitrogens with zero attached hydrogens (tertiary/aromatic N) is 1. The minimum absolute atomic E-state index is 0.0535. The minimum atomic E-state index is -0.699. The Morgan fingerprint density at radius 1 is 1.24 bits per heavy atom. The highest BCUT2D eigenvalue weighted by Crippen LogP contribution is 2.59. The van der Waals surface area contributed by atoms with Crippen molar-refractivity contribution in [1.29, 1.82) is 0 Å². The third-order valence-corrected chi connectivity index (χ3v) is 4.71. The molecule has 1 aromatic carbocycles. The maximum Gasteiger partial charge on any atom is 0.410 e. The Labute approximate surface area is 123 Å². The molecule has 0 aromatic heterocycles. The van der Waals surface area contributed by atoms with Crippen molar-refractivity contribution in [2.24, 2.45) is 11.3 Å². The van der Waals surface area contributed by atoms with Crippen molar-refractivity contribution in [2.75, 3.05) is 13.1 Å². The summed E-state index contributed by atoms with van der Waals surface area (Å²) < 4.78 is 5.30. The fourth-order valence-corrected chi connectivity index (χ4v) is 3.19. The van der Waals surface area contributed by atoms with Gasteiger partial charge in [0.1, 0.15) is 6.61 Å². The minimum Gasteiger partial charge on any atom is -0.481 e. The zero-order valence-corrected chi connectivity index (χ0v) is 11.8. The maximum atomic E-state index is 12.0. The van der Waals surface area contributed by atoms with Gasteiger partial charge in [0.25, 0.3) is 0 Å². The summed E-state index contributed by atoms with van der Waals surface area (Å²) in [7, 11) is 0. The zero-order valence-electron chi connectivity index (χ0n) is 11.8. The van der Waals surface area contributed by atoms with E-state index in [0.29, 0.717) is 13.1 Å². The third-order valence-electron chi connectivity index (χ3n) is 4.71. The monoisotopic (exact) mass is 289 g/mol. The van der Waals surface area contributed by atoms with Crippen LogP contribution < -0.4 is 0 Å². The number of hydrogen-bond donors (Lipinski definition) is 1. The number of rotatable bonds is 3. The van der Waals surface area contributed by atoms with Gasteiger partial charge < -0.3 is 14.7 Å². The molecule has 1 heterocycles. The van der Waals surface area contributed by atoms with Crippen molar-refractivity contribution in [3.05, 3.63) is 35.9 Å². The Bertz CT molecular complexity index is 534. The van der Waals surface area contributed by atoms with E-state index in [9.17, 15) is 9.59 Å². The Balaban J connectivity index is 1.46. The highest BCUT2D eigenvalue weighted by molar-refractivity contribution is 5.75. The summed E-state index contributed by atoms with van der Waals surface area (Å²) >= 11 is 0. The van der Waals surface area contributed by atoms with Crippen LogP contribution in [-0.2, 0) is 16.1 Å². The van der Waals surface area contributed by atoms with Gasteiger partial charge in [-0.25, -0.2) is 4.79 Å². The number of benzene rings is 1. The topological polar surface area (TPSA) is 66.8 Å². The van der Waals surface area contributed by atoms with Crippen molar-refractivity contribution in [3.8, 4) is 0 Å². The molecule has 5 heteroatoms. The largest absolute Gasteiger partial charge is 0.481 e. The second kappa shape index (κ2) is 5.39. The van der Waals surface area contributed by atoms with E-state index in [2.05, 4.69) is 0 Å². The zero-order chi connectivity index (χ0) is 14.9. The summed E-state index contributed by atoms with van der Waals surface area (Å²) in [6.07, 6.45) is 1.99. The summed E-state index contributed by atoms with van der Waals surface area (Å²) in [5.41, 5.74) is 0.912. The van der Waals surface area contributed by atoms with Gasteiger partial charge in [-0.2, -0.15) is 0 Å². The average Bonchev–Trinajstić information content (AvgIpc) is 3.21. The molecular weight excluding hydrogens is 270 g/mol. The Morgan fingerprint density at radius 3 is 2.48 bits per heavy atom. The van der Waals surface area contributed by atoms with Crippen LogP contribution in [0.15, 0.2) is 30.3 Å². The van der Waals surface area contributed by atoms with E-state index in [1.807, 2.05) is 30.3 Å². The molecule has 0 radical (unpaired) electrons. The molecule has 2 aliphatic rings. The lowest BCUT2D eigenvalue weighted by Crippen LogP contribution is -2.40. The van der Waals surface area contributed by atoms with Crippen LogP contribution in [0.2, 0.25) is 0 Å². The van der Waals surface area contributed by atoms with E-state index in [1.54, 1.807) is 4.90 Å². The van der Waals surface area contributed by atoms with Crippen LogP contribution in [0.25, 0.3) is 0 Å². The van der Waals surface area contributed by atoms with E-state index in [4.69, 9.17) is 9.84 Å². The Hall–Kier alpha value is -2.04. The van der Waals surface area contributed by atoms with Crippen LogP contribution in [0, 0.1) is 11.3 Å². The second-order valence-electron chi connectivity index (χ2n) is 5.98. The SMILES string of the molecule is O=C(O)[C@@H]1CC12CCN(C(=O)OCc1ccccc1)CC2. The first kappa shape index (κ1) is 13.9. The number of ether oxygens (including phenoxy) is 1. The van der Waals surface area contributed by atoms with E-state index in [0.717, 1.165) is 24.8 Å². The van der Waals surface area contributed by atoms with E-state index < -0.39 is 5.97 Å². The third kappa shape index (κ3) is 2.86. The molecule has 5 nitrogen and oxygen atoms in total. The number of carboxylic acid groups (broad SMARTS) is 1. The van der Waals surface area contributed by atoms with Crippen LogP contribution in [-0.4, -0.2) is 35.2 Å². The first-order valence-corrected chi connectivity index (χ1v) is 7.29. The lowest BCUT2D eigenvalue weighted by molar-refractivity contribution is -0.139. The molecule has 0 unspecified atom stereocenters. The van der Waals surface area contributed by atoms with Crippen LogP contribution in [0.4, 0.5) is 4.79 Å². The molecule has 1 aliphatic heterocycles. The summed E-state index contributed by atoms with van der Waals surface area (Å²) in [4.78, 5) is 24.7. The standard InChI is InChI=1S/C16H19NO4/c18-14(19)13-10-16(13)6-8-17(9-7-16)15(20)21-11-12-4-2-1-3-5-12/h1-5,13H,6-11H2,(H,18,19)/t13-/m0/s1. The number of amides is 1. The van der Waals surface area contributed by atoms with Crippen molar-refractivity contribution in [2.45, 2.75) is 25.9 Å². The van der Waals surface area contributed by atoms with Crippen LogP contribution in [0.3, 0.4) is 0 Å². The Kier molecular flexibility index (Phi) is 3.57. The number of likely N-dealkylation sites (tertiary alicyclic amines) is 1. The van der Waals surface area contributed by atoms with Gasteiger partial charge in [0.2, 0.25) is 0 Å². The normalized spacial score (nSPS) is 22.9. The first-order chi connectivity index (χ1) is 10.1. The summed E-state index contributed by atoms with van der Waals surface area (Å²) in [6.45, 7) is 1.47. The smallest absolute Gasteiger partial charge is 0.410 e. The van der Waals surface area contributed by atoms with Crippen molar-refractivity contribution in [3.63, 3.8) is 0 Å². The number of carboxylic acids is 1. The highest BCUT2D eigenvalue weighted by atomic mass is 16.6. The van der Waals surface area contributed by atoms with Gasteiger partial charge in [0.05, 0.1) is 5.92 Å². The molecule has 1 aromatic rings. The molecule has 1 saturated heterocycles. The van der Waals surface area contributed by atoms with E-state index in [-0.39, 0.29) is 24.0 Å². The van der Waals surface area contributed by atoms with Gasteiger partial charge >= 0.3 is 12.1 Å². The molecule has 1 aliphatic carbocycles. The number of aliphatic carboxylic acids is 1. The molecule has 1 saturated carbocycles. The van der Waals surface area contributed by atoms with Gasteiger partial charge in [-0.1, -0.05) is 30.3 Å². The quantitative estimate of drug-likeness (QED) is 0.928. The summed E-state index contributed by atoms with van der Waals surface area (Å²) in [5.74, 6) is -0.907. The van der Waals surface area contributed by atoms with Crippen molar-refractivity contribution < 1.29 is 19.4 Å². The number of carbonyl (C=O) groups excluding carboxylic acids is 1. The molecule has 112 valence electrons. The molecular formula is C16H19NO4. The summed E-state index contributed by atoms with van der Waals surface area (Å²) in [5, 5.41) is 9.05. The molecule has 1 N–H and O–H groups in total. The molecule has 1 amide bonds. The van der Waals surface area contributed by atoms with Gasteiger partial charge in [-0.3, -0.25) is 4.79 Å². The second-order valence-corrected chi connectivity index (χ2v) is 5.98. The maximum absolute atomic E-state index is 12.0. The van der Waals surface area contributed by atoms with Crippen LogP contribution in [0.1, 0.15) is 24.8 Å². The summed E-state index contributed by atoms with van der Waals surface area (Å²) in [6, 6.07) is 9.57. The first-order valence-electron chi connectivity index (χ1n) is 7.29. The van der Waals surface area contributed by atoms with Gasteiger partial charge in [0.15, 0.2) is 0 Å². The fourth-order valence-electron chi connectivity index (χ4n) is 3.19. The van der Waals surface area contributed by atoms with Gasteiger partial charge in [-0.05, 0) is 30.2 Å². The molecule has 1 atom stereocenters.